The molecule has 0 saturated carbocycles. The Morgan fingerprint density at radius 2 is 2.25 bits per heavy atom. The maximum Gasteiger partial charge on any atom is 0.223 e. The van der Waals surface area contributed by atoms with Crippen LogP contribution < -0.4 is 0 Å². The van der Waals surface area contributed by atoms with Gasteiger partial charge in [-0.05, 0) is 24.1 Å². The number of thioether (sulfide) groups is 1. The van der Waals surface area contributed by atoms with E-state index in [0.717, 1.165) is 30.7 Å². The van der Waals surface area contributed by atoms with Gasteiger partial charge in [-0.25, -0.2) is 4.39 Å². The van der Waals surface area contributed by atoms with Crippen LogP contribution in [-0.2, 0) is 4.79 Å². The molecule has 0 aromatic heterocycles. The molecular formula is C16H22FNOS. The largest absolute Gasteiger partial charge is 0.326 e. The number of carbonyl (C=O) groups excluding carboxylic acids is 1. The van der Waals surface area contributed by atoms with E-state index in [2.05, 4.69) is 6.92 Å². The summed E-state index contributed by atoms with van der Waals surface area (Å²) < 4.78 is 13.3. The van der Waals surface area contributed by atoms with Crippen LogP contribution in [0.25, 0.3) is 0 Å². The van der Waals surface area contributed by atoms with Crippen LogP contribution in [0, 0.1) is 5.82 Å². The van der Waals surface area contributed by atoms with Crippen LogP contribution in [0.1, 0.15) is 50.0 Å². The van der Waals surface area contributed by atoms with Crippen molar-refractivity contribution < 1.29 is 9.18 Å². The third-order valence-electron chi connectivity index (χ3n) is 3.59. The first kappa shape index (κ1) is 15.4. The number of nitrogens with zero attached hydrogens (tertiary/aromatic N) is 1. The lowest BCUT2D eigenvalue weighted by atomic mass is 10.1. The van der Waals surface area contributed by atoms with E-state index in [0.29, 0.717) is 6.42 Å². The van der Waals surface area contributed by atoms with Crippen molar-refractivity contribution in [1.29, 1.82) is 0 Å². The highest BCUT2D eigenvalue weighted by Crippen LogP contribution is 2.38. The summed E-state index contributed by atoms with van der Waals surface area (Å²) in [5.41, 5.74) is 0.898. The second-order valence-electron chi connectivity index (χ2n) is 5.18. The molecule has 110 valence electrons. The lowest BCUT2D eigenvalue weighted by molar-refractivity contribution is -0.131. The number of unbranched alkanes of at least 4 members (excludes halogenated alkanes) is 3. The summed E-state index contributed by atoms with van der Waals surface area (Å²) in [5.74, 6) is 0.910. The molecular weight excluding hydrogens is 273 g/mol. The van der Waals surface area contributed by atoms with E-state index in [-0.39, 0.29) is 17.1 Å². The van der Waals surface area contributed by atoms with Gasteiger partial charge in [0.05, 0.1) is 0 Å². The van der Waals surface area contributed by atoms with Crippen LogP contribution in [-0.4, -0.2) is 23.1 Å². The van der Waals surface area contributed by atoms with Gasteiger partial charge in [0.1, 0.15) is 11.2 Å². The van der Waals surface area contributed by atoms with Gasteiger partial charge in [0.2, 0.25) is 5.91 Å². The average molecular weight is 295 g/mol. The van der Waals surface area contributed by atoms with E-state index in [1.54, 1.807) is 23.9 Å². The summed E-state index contributed by atoms with van der Waals surface area (Å²) in [5, 5.41) is -0.00984. The molecule has 1 aromatic rings. The minimum Gasteiger partial charge on any atom is -0.326 e. The number of hydrogen-bond acceptors (Lipinski definition) is 2. The van der Waals surface area contributed by atoms with Crippen LogP contribution in [0.2, 0.25) is 0 Å². The molecule has 1 saturated heterocycles. The highest BCUT2D eigenvalue weighted by molar-refractivity contribution is 7.99. The number of hydrogen-bond donors (Lipinski definition) is 0. The Labute approximate surface area is 124 Å². The van der Waals surface area contributed by atoms with E-state index < -0.39 is 0 Å². The lowest BCUT2D eigenvalue weighted by Crippen LogP contribution is -2.30. The minimum atomic E-state index is -0.231. The van der Waals surface area contributed by atoms with Gasteiger partial charge in [0.15, 0.2) is 0 Å². The number of benzene rings is 1. The molecule has 2 nitrogen and oxygen atoms in total. The molecule has 0 unspecified atom stereocenters. The zero-order chi connectivity index (χ0) is 14.4. The summed E-state index contributed by atoms with van der Waals surface area (Å²) in [6, 6.07) is 6.61. The van der Waals surface area contributed by atoms with Gasteiger partial charge < -0.3 is 4.90 Å². The SMILES string of the molecule is CCCCCCC(=O)N1CCS[C@@H]1c1cccc(F)c1. The number of amides is 1. The Morgan fingerprint density at radius 3 is 3.00 bits per heavy atom. The molecule has 1 fully saturated rings. The van der Waals surface area contributed by atoms with E-state index in [4.69, 9.17) is 0 Å². The Kier molecular flexibility index (Phi) is 5.89. The molecule has 2 rings (SSSR count). The van der Waals surface area contributed by atoms with Crippen LogP contribution in [0.5, 0.6) is 0 Å². The quantitative estimate of drug-likeness (QED) is 0.726. The van der Waals surface area contributed by atoms with Crippen LogP contribution in [0.15, 0.2) is 24.3 Å². The molecule has 0 radical (unpaired) electrons. The van der Waals surface area contributed by atoms with Crippen molar-refractivity contribution in [3.63, 3.8) is 0 Å². The Hall–Kier alpha value is -1.03. The van der Waals surface area contributed by atoms with Crippen molar-refractivity contribution in [2.45, 2.75) is 44.4 Å². The summed E-state index contributed by atoms with van der Waals surface area (Å²) in [6.45, 7) is 2.94. The summed E-state index contributed by atoms with van der Waals surface area (Å²) in [7, 11) is 0. The molecule has 1 heterocycles. The molecule has 0 aliphatic carbocycles. The third-order valence-corrected chi connectivity index (χ3v) is 4.85. The molecule has 1 atom stereocenters. The van der Waals surface area contributed by atoms with Crippen LogP contribution in [0.4, 0.5) is 4.39 Å². The van der Waals surface area contributed by atoms with E-state index >= 15 is 0 Å². The average Bonchev–Trinajstić information content (AvgIpc) is 2.93. The molecule has 1 aliphatic heterocycles. The summed E-state index contributed by atoms with van der Waals surface area (Å²) >= 11 is 1.72. The zero-order valence-corrected chi connectivity index (χ0v) is 12.8. The molecule has 1 amide bonds. The molecule has 4 heteroatoms. The number of halogens is 1. The molecule has 20 heavy (non-hydrogen) atoms. The fourth-order valence-electron chi connectivity index (χ4n) is 2.51. The molecule has 1 aliphatic rings. The van der Waals surface area contributed by atoms with Gasteiger partial charge in [-0.2, -0.15) is 0 Å². The maximum absolute atomic E-state index is 13.3. The van der Waals surface area contributed by atoms with E-state index in [9.17, 15) is 9.18 Å². The number of rotatable bonds is 6. The standard InChI is InChI=1S/C16H22FNOS/c1-2-3-4-5-9-15(19)18-10-11-20-16(18)13-7-6-8-14(17)12-13/h6-8,12,16H,2-5,9-11H2,1H3/t16-/m1/s1. The molecule has 0 bridgehead atoms. The van der Waals surface area contributed by atoms with E-state index in [1.807, 2.05) is 11.0 Å². The van der Waals surface area contributed by atoms with Crippen LogP contribution >= 0.6 is 11.8 Å². The van der Waals surface area contributed by atoms with Crippen molar-refractivity contribution in [2.75, 3.05) is 12.3 Å². The molecule has 1 aromatic carbocycles. The van der Waals surface area contributed by atoms with Crippen LogP contribution in [0.3, 0.4) is 0 Å². The summed E-state index contributed by atoms with van der Waals surface area (Å²) in [4.78, 5) is 14.2. The lowest BCUT2D eigenvalue weighted by Gasteiger charge is -2.24. The third kappa shape index (κ3) is 3.98. The number of carbonyl (C=O) groups is 1. The Bertz CT molecular complexity index is 452. The van der Waals surface area contributed by atoms with Crippen molar-refractivity contribution in [3.05, 3.63) is 35.6 Å². The minimum absolute atomic E-state index is 0.00984. The van der Waals surface area contributed by atoms with Crippen molar-refractivity contribution in [1.82, 2.24) is 4.90 Å². The predicted octanol–water partition coefficient (Wildman–Crippen LogP) is 4.37. The highest BCUT2D eigenvalue weighted by Gasteiger charge is 2.30. The second-order valence-corrected chi connectivity index (χ2v) is 6.36. The first-order chi connectivity index (χ1) is 9.72. The zero-order valence-electron chi connectivity index (χ0n) is 12.0. The smallest absolute Gasteiger partial charge is 0.223 e. The fourth-order valence-corrected chi connectivity index (χ4v) is 3.78. The Balaban J connectivity index is 1.95. The van der Waals surface area contributed by atoms with Crippen molar-refractivity contribution in [2.24, 2.45) is 0 Å². The second kappa shape index (κ2) is 7.67. The van der Waals surface area contributed by atoms with Gasteiger partial charge >= 0.3 is 0 Å². The maximum atomic E-state index is 13.3. The monoisotopic (exact) mass is 295 g/mol. The van der Waals surface area contributed by atoms with Gasteiger partial charge in [0, 0.05) is 18.7 Å². The molecule has 0 spiro atoms. The normalized spacial score (nSPS) is 18.5. The first-order valence-electron chi connectivity index (χ1n) is 7.39. The molecule has 0 N–H and O–H groups in total. The Morgan fingerprint density at radius 1 is 1.40 bits per heavy atom. The van der Waals surface area contributed by atoms with Gasteiger partial charge in [-0.1, -0.05) is 38.3 Å². The van der Waals surface area contributed by atoms with E-state index in [1.165, 1.54) is 18.9 Å². The van der Waals surface area contributed by atoms with Gasteiger partial charge in [-0.3, -0.25) is 4.79 Å². The first-order valence-corrected chi connectivity index (χ1v) is 8.43. The van der Waals surface area contributed by atoms with Gasteiger partial charge in [-0.15, -0.1) is 11.8 Å². The van der Waals surface area contributed by atoms with Gasteiger partial charge in [0.25, 0.3) is 0 Å². The summed E-state index contributed by atoms with van der Waals surface area (Å²) in [6.07, 6.45) is 5.07. The van der Waals surface area contributed by atoms with Crippen molar-refractivity contribution in [3.8, 4) is 0 Å². The topological polar surface area (TPSA) is 20.3 Å². The fraction of sp³-hybridized carbons (Fsp3) is 0.562. The van der Waals surface area contributed by atoms with Crippen molar-refractivity contribution >= 4 is 17.7 Å². The predicted molar refractivity (Wildman–Crippen MR) is 82.1 cm³/mol. The highest BCUT2D eigenvalue weighted by atomic mass is 32.2.